The van der Waals surface area contributed by atoms with E-state index in [1.54, 1.807) is 26.3 Å². The minimum atomic E-state index is -1.19. The molecule has 2 aromatic carbocycles. The Balaban J connectivity index is 1.45. The monoisotopic (exact) mass is 551 g/mol. The SMILES string of the molecule is COc1cccc([C@H]2O[C@H](CCN(C)/N=N\C(=N)C3(C(=O)O)CC3)c3cccn3-c3ccc(Cl)cc32)c1OC. The number of nitrogens with one attached hydrogen (secondary N) is 1. The Morgan fingerprint density at radius 1 is 1.21 bits per heavy atom. The van der Waals surface area contributed by atoms with Crippen molar-refractivity contribution < 1.29 is 24.1 Å². The first kappa shape index (κ1) is 26.7. The molecule has 2 aliphatic rings. The summed E-state index contributed by atoms with van der Waals surface area (Å²) in [7, 11) is 4.94. The van der Waals surface area contributed by atoms with Gasteiger partial charge >= 0.3 is 5.97 Å². The van der Waals surface area contributed by atoms with E-state index >= 15 is 0 Å². The van der Waals surface area contributed by atoms with E-state index in [1.807, 2.05) is 54.7 Å². The maximum Gasteiger partial charge on any atom is 0.317 e. The molecule has 0 bridgehead atoms. The normalized spacial score (nSPS) is 19.1. The number of methoxy groups -OCH3 is 2. The third-order valence-electron chi connectivity index (χ3n) is 7.28. The molecule has 2 heterocycles. The number of amidine groups is 1. The number of fused-ring (bicyclic) bond motifs is 3. The number of aromatic nitrogens is 1. The van der Waals surface area contributed by atoms with Crippen molar-refractivity contribution in [2.24, 2.45) is 15.8 Å². The molecule has 1 saturated carbocycles. The first-order valence-corrected chi connectivity index (χ1v) is 13.0. The van der Waals surface area contributed by atoms with Crippen LogP contribution >= 0.6 is 11.6 Å². The van der Waals surface area contributed by atoms with Crippen molar-refractivity contribution in [2.75, 3.05) is 27.8 Å². The highest BCUT2D eigenvalue weighted by atomic mass is 35.5. The fourth-order valence-electron chi connectivity index (χ4n) is 4.96. The number of carboxylic acid groups (broad SMARTS) is 1. The van der Waals surface area contributed by atoms with Gasteiger partial charge in [0.15, 0.2) is 17.3 Å². The van der Waals surface area contributed by atoms with Crippen LogP contribution in [-0.4, -0.2) is 54.3 Å². The molecule has 0 unspecified atom stereocenters. The van der Waals surface area contributed by atoms with Gasteiger partial charge in [-0.3, -0.25) is 15.2 Å². The van der Waals surface area contributed by atoms with Gasteiger partial charge in [0, 0.05) is 35.9 Å². The van der Waals surface area contributed by atoms with Crippen molar-refractivity contribution in [3.8, 4) is 17.2 Å². The topological polar surface area (TPSA) is 122 Å². The molecule has 5 rings (SSSR count). The minimum Gasteiger partial charge on any atom is -0.493 e. The molecular weight excluding hydrogens is 522 g/mol. The lowest BCUT2D eigenvalue weighted by molar-refractivity contribution is -0.140. The van der Waals surface area contributed by atoms with Crippen LogP contribution in [0.15, 0.2) is 65.1 Å². The molecule has 1 aromatic heterocycles. The summed E-state index contributed by atoms with van der Waals surface area (Å²) in [5, 5.41) is 27.6. The van der Waals surface area contributed by atoms with E-state index in [0.29, 0.717) is 42.3 Å². The molecule has 3 aromatic rings. The zero-order valence-corrected chi connectivity index (χ0v) is 22.7. The van der Waals surface area contributed by atoms with Crippen molar-refractivity contribution >= 4 is 23.4 Å². The summed E-state index contributed by atoms with van der Waals surface area (Å²) >= 11 is 6.47. The average Bonchev–Trinajstić information content (AvgIpc) is 3.65. The van der Waals surface area contributed by atoms with Gasteiger partial charge in [0.25, 0.3) is 0 Å². The summed E-state index contributed by atoms with van der Waals surface area (Å²) in [5.74, 6) is -0.0718. The number of hydrogen-bond acceptors (Lipinski definition) is 6. The van der Waals surface area contributed by atoms with Gasteiger partial charge < -0.3 is 23.9 Å². The zero-order valence-electron chi connectivity index (χ0n) is 21.9. The molecule has 0 radical (unpaired) electrons. The quantitative estimate of drug-likeness (QED) is 0.149. The van der Waals surface area contributed by atoms with Crippen molar-refractivity contribution in [1.82, 2.24) is 9.58 Å². The van der Waals surface area contributed by atoms with E-state index in [9.17, 15) is 9.90 Å². The lowest BCUT2D eigenvalue weighted by Gasteiger charge is -2.26. The Labute approximate surface area is 231 Å². The number of carbonyl (C=O) groups is 1. The Morgan fingerprint density at radius 2 is 2.00 bits per heavy atom. The number of aliphatic carboxylic acids is 1. The van der Waals surface area contributed by atoms with E-state index in [2.05, 4.69) is 14.9 Å². The van der Waals surface area contributed by atoms with E-state index in [-0.39, 0.29) is 11.9 Å². The van der Waals surface area contributed by atoms with Crippen LogP contribution in [0.25, 0.3) is 5.69 Å². The minimum absolute atomic E-state index is 0.223. The summed E-state index contributed by atoms with van der Waals surface area (Å²) in [6, 6.07) is 15.4. The highest BCUT2D eigenvalue weighted by molar-refractivity contribution is 6.30. The van der Waals surface area contributed by atoms with Gasteiger partial charge in [-0.15, -0.1) is 5.11 Å². The fraction of sp³-hybridized carbons (Fsp3) is 0.357. The van der Waals surface area contributed by atoms with Crippen LogP contribution < -0.4 is 9.47 Å². The zero-order chi connectivity index (χ0) is 27.7. The number of rotatable bonds is 9. The maximum absolute atomic E-state index is 11.5. The Morgan fingerprint density at radius 3 is 2.69 bits per heavy atom. The number of halogens is 1. The maximum atomic E-state index is 11.5. The van der Waals surface area contributed by atoms with Crippen LogP contribution in [0, 0.1) is 10.8 Å². The molecule has 39 heavy (non-hydrogen) atoms. The fourth-order valence-corrected chi connectivity index (χ4v) is 5.14. The van der Waals surface area contributed by atoms with Crippen LogP contribution in [0.4, 0.5) is 0 Å². The Hall–Kier alpha value is -3.89. The molecule has 1 aliphatic heterocycles. The Bertz CT molecular complexity index is 1430. The second kappa shape index (κ2) is 10.7. The van der Waals surface area contributed by atoms with Crippen LogP contribution in [0.5, 0.6) is 11.5 Å². The van der Waals surface area contributed by atoms with Gasteiger partial charge in [-0.1, -0.05) is 29.0 Å². The lowest BCUT2D eigenvalue weighted by atomic mass is 9.98. The van der Waals surface area contributed by atoms with E-state index in [1.165, 1.54) is 0 Å². The van der Waals surface area contributed by atoms with Gasteiger partial charge in [-0.2, -0.15) is 0 Å². The van der Waals surface area contributed by atoms with Crippen molar-refractivity contribution in [1.29, 1.82) is 5.41 Å². The highest BCUT2D eigenvalue weighted by Gasteiger charge is 2.55. The molecule has 2 atom stereocenters. The largest absolute Gasteiger partial charge is 0.493 e. The molecule has 204 valence electrons. The summed E-state index contributed by atoms with van der Waals surface area (Å²) < 4.78 is 20.3. The van der Waals surface area contributed by atoms with Crippen LogP contribution in [0.3, 0.4) is 0 Å². The van der Waals surface area contributed by atoms with E-state index in [4.69, 9.17) is 31.2 Å². The Kier molecular flexibility index (Phi) is 7.33. The number of nitrogens with zero attached hydrogens (tertiary/aromatic N) is 4. The summed E-state index contributed by atoms with van der Waals surface area (Å²) in [5.41, 5.74) is 2.41. The standard InChI is InChI=1S/C28H30ClN5O5/c1-33(32-31-26(30)28(12-13-28)27(35)36)15-11-22-21-7-5-14-34(21)20-10-9-17(29)16-19(20)24(39-22)18-6-4-8-23(37-2)25(18)38-3/h4-10,14,16,22,24,30H,11-13,15H2,1-3H3,(H,35,36)/b30-26?,32-31-/t22-,24-/m1/s1. The first-order valence-electron chi connectivity index (χ1n) is 12.6. The third kappa shape index (κ3) is 4.97. The summed E-state index contributed by atoms with van der Waals surface area (Å²) in [4.78, 5) is 11.5. The van der Waals surface area contributed by atoms with Crippen molar-refractivity contribution in [2.45, 2.75) is 31.5 Å². The molecule has 1 aliphatic carbocycles. The third-order valence-corrected chi connectivity index (χ3v) is 7.52. The molecule has 0 saturated heterocycles. The molecule has 2 N–H and O–H groups in total. The molecular formula is C28H30ClN5O5. The predicted octanol–water partition coefficient (Wildman–Crippen LogP) is 5.84. The number of hydrogen-bond donors (Lipinski definition) is 2. The molecule has 1 fully saturated rings. The predicted molar refractivity (Wildman–Crippen MR) is 145 cm³/mol. The second-order valence-corrected chi connectivity index (χ2v) is 10.1. The molecule has 10 nitrogen and oxygen atoms in total. The highest BCUT2D eigenvalue weighted by Crippen LogP contribution is 2.48. The smallest absolute Gasteiger partial charge is 0.317 e. The molecule has 0 spiro atoms. The number of para-hydroxylation sites is 1. The summed E-state index contributed by atoms with van der Waals surface area (Å²) in [6.07, 6.45) is 2.50. The van der Waals surface area contributed by atoms with Crippen LogP contribution in [-0.2, 0) is 9.53 Å². The van der Waals surface area contributed by atoms with Gasteiger partial charge in [0.1, 0.15) is 17.6 Å². The summed E-state index contributed by atoms with van der Waals surface area (Å²) in [6.45, 7) is 0.450. The van der Waals surface area contributed by atoms with Crippen molar-refractivity contribution in [3.63, 3.8) is 0 Å². The average molecular weight is 552 g/mol. The van der Waals surface area contributed by atoms with E-state index < -0.39 is 17.5 Å². The van der Waals surface area contributed by atoms with Gasteiger partial charge in [-0.25, -0.2) is 0 Å². The molecule has 11 heteroatoms. The number of ether oxygens (including phenoxy) is 3. The van der Waals surface area contributed by atoms with Gasteiger partial charge in [0.2, 0.25) is 0 Å². The van der Waals surface area contributed by atoms with Gasteiger partial charge in [-0.05, 0) is 55.7 Å². The van der Waals surface area contributed by atoms with Crippen molar-refractivity contribution in [3.05, 3.63) is 76.6 Å². The number of benzene rings is 2. The number of carboxylic acids is 1. The van der Waals surface area contributed by atoms with E-state index in [0.717, 1.165) is 22.5 Å². The first-order chi connectivity index (χ1) is 18.8. The second-order valence-electron chi connectivity index (χ2n) is 9.69. The van der Waals surface area contributed by atoms with Crippen LogP contribution in [0.2, 0.25) is 5.02 Å². The van der Waals surface area contributed by atoms with Crippen LogP contribution in [0.1, 0.15) is 48.3 Å². The lowest BCUT2D eigenvalue weighted by Crippen LogP contribution is -2.24. The van der Waals surface area contributed by atoms with Gasteiger partial charge in [0.05, 0.1) is 25.6 Å². The molecule has 0 amide bonds.